The van der Waals surface area contributed by atoms with Gasteiger partial charge >= 0.3 is 11.9 Å². The number of rotatable bonds is 34. The van der Waals surface area contributed by atoms with Crippen molar-refractivity contribution in [3.8, 4) is 0 Å². The van der Waals surface area contributed by atoms with Gasteiger partial charge in [-0.25, -0.2) is 9.59 Å². The first-order chi connectivity index (χ1) is 34.2. The van der Waals surface area contributed by atoms with E-state index in [9.17, 15) is 9.59 Å². The minimum atomic E-state index is -0.392. The van der Waals surface area contributed by atoms with Crippen LogP contribution in [0, 0.1) is 0 Å². The average molecular weight is 960 g/mol. The Hall–Kier alpha value is -3.40. The molecule has 390 valence electrons. The smallest absolute Gasteiger partial charge is 0.339 e. The summed E-state index contributed by atoms with van der Waals surface area (Å²) in [5, 5.41) is 0. The second kappa shape index (κ2) is 30.6. The summed E-state index contributed by atoms with van der Waals surface area (Å²) < 4.78 is 11.3. The molecule has 0 N–H and O–H groups in total. The van der Waals surface area contributed by atoms with E-state index in [2.05, 4.69) is 55.4 Å². The number of carbonyl (C=O) groups excluding carboxylic acids is 2. The fourth-order valence-corrected chi connectivity index (χ4v) is 13.0. The maximum Gasteiger partial charge on any atom is 0.339 e. The number of unbranched alkanes of at least 4 members (excludes halogenated alkanes) is 16. The van der Waals surface area contributed by atoms with Gasteiger partial charge in [0.05, 0.1) is 25.3 Å². The van der Waals surface area contributed by atoms with Crippen molar-refractivity contribution in [3.63, 3.8) is 0 Å². The number of hydrogen-bond acceptors (Lipinski definition) is 4. The lowest BCUT2D eigenvalue weighted by Gasteiger charge is -2.37. The maximum atomic E-state index is 14.3. The highest BCUT2D eigenvalue weighted by molar-refractivity contribution is 6.06. The quantitative estimate of drug-likeness (QED) is 0.0304. The second-order valence-corrected chi connectivity index (χ2v) is 21.8. The first kappa shape index (κ1) is 57.5. The summed E-state index contributed by atoms with van der Waals surface area (Å²) in [5.74, 6) is -0.784. The third-order valence-electron chi connectivity index (χ3n) is 16.8. The lowest BCUT2D eigenvalue weighted by Crippen LogP contribution is -2.27. The Morgan fingerprint density at radius 3 is 0.686 bits per heavy atom. The molecule has 0 unspecified atom stereocenters. The summed E-state index contributed by atoms with van der Waals surface area (Å²) in [7, 11) is 2.97. The Labute approximate surface area is 430 Å². The van der Waals surface area contributed by atoms with Crippen molar-refractivity contribution in [2.75, 3.05) is 14.2 Å². The van der Waals surface area contributed by atoms with Crippen LogP contribution >= 0.6 is 0 Å². The van der Waals surface area contributed by atoms with Crippen LogP contribution in [-0.2, 0) is 86.5 Å². The summed E-state index contributed by atoms with van der Waals surface area (Å²) in [4.78, 5) is 28.6. The number of methoxy groups -OCH3 is 2. The SMILES string of the molecule is CCCCCc1c(CCCCC)c(CCCCC)c2c(c1CCCCC)Cc1c(CCCCC)c3c(c(CCCCC)c1C2)Cc1c(c(CCCCC)c(C(=O)OC)c(C(=O)OC)c1CCCCC)C3. The number of benzene rings is 3. The summed E-state index contributed by atoms with van der Waals surface area (Å²) in [5.41, 5.74) is 26.1. The summed E-state index contributed by atoms with van der Waals surface area (Å²) in [6, 6.07) is 0. The zero-order chi connectivity index (χ0) is 50.4. The van der Waals surface area contributed by atoms with Crippen LogP contribution in [0.1, 0.15) is 319 Å². The van der Waals surface area contributed by atoms with E-state index in [1.807, 2.05) is 0 Å². The molecule has 0 aromatic heterocycles. The monoisotopic (exact) mass is 959 g/mol. The molecule has 0 fully saturated rings. The van der Waals surface area contributed by atoms with E-state index in [0.717, 1.165) is 101 Å². The lowest BCUT2D eigenvalue weighted by atomic mass is 9.67. The fraction of sp³-hybridized carbons (Fsp3) is 0.697. The Balaban J connectivity index is 1.93. The van der Waals surface area contributed by atoms with E-state index >= 15 is 0 Å². The summed E-state index contributed by atoms with van der Waals surface area (Å²) in [6.07, 6.45) is 41.5. The Kier molecular flexibility index (Phi) is 25.1. The number of esters is 2. The Morgan fingerprint density at radius 2 is 0.457 bits per heavy atom. The van der Waals surface area contributed by atoms with Crippen LogP contribution in [0.25, 0.3) is 0 Å². The molecule has 0 spiro atoms. The minimum absolute atomic E-state index is 0.392. The molecule has 0 radical (unpaired) electrons. The highest BCUT2D eigenvalue weighted by Crippen LogP contribution is 2.48. The molecule has 2 aliphatic rings. The van der Waals surface area contributed by atoms with E-state index in [1.165, 1.54) is 167 Å². The number of carbonyl (C=O) groups is 2. The zero-order valence-electron chi connectivity index (χ0n) is 47.1. The van der Waals surface area contributed by atoms with Crippen LogP contribution in [0.2, 0.25) is 0 Å². The van der Waals surface area contributed by atoms with Gasteiger partial charge in [0.1, 0.15) is 0 Å². The van der Waals surface area contributed by atoms with E-state index in [-0.39, 0.29) is 0 Å². The summed E-state index contributed by atoms with van der Waals surface area (Å²) >= 11 is 0. The molecule has 0 aliphatic heterocycles. The van der Waals surface area contributed by atoms with Gasteiger partial charge in [0.2, 0.25) is 0 Å². The van der Waals surface area contributed by atoms with Gasteiger partial charge in [-0.2, -0.15) is 0 Å². The number of hydrogen-bond donors (Lipinski definition) is 0. The van der Waals surface area contributed by atoms with Crippen molar-refractivity contribution in [1.82, 2.24) is 0 Å². The van der Waals surface area contributed by atoms with Crippen molar-refractivity contribution < 1.29 is 19.1 Å². The van der Waals surface area contributed by atoms with Gasteiger partial charge in [0.15, 0.2) is 0 Å². The van der Waals surface area contributed by atoms with Crippen LogP contribution < -0.4 is 0 Å². The van der Waals surface area contributed by atoms with Crippen molar-refractivity contribution in [2.24, 2.45) is 0 Å². The van der Waals surface area contributed by atoms with Gasteiger partial charge in [-0.3, -0.25) is 0 Å². The third kappa shape index (κ3) is 14.0. The van der Waals surface area contributed by atoms with Crippen LogP contribution in [-0.4, -0.2) is 26.2 Å². The molecule has 3 aromatic rings. The highest BCUT2D eigenvalue weighted by Gasteiger charge is 2.38. The van der Waals surface area contributed by atoms with Crippen molar-refractivity contribution in [2.45, 2.75) is 287 Å². The van der Waals surface area contributed by atoms with Crippen LogP contribution in [0.3, 0.4) is 0 Å². The molecule has 0 atom stereocenters. The van der Waals surface area contributed by atoms with Gasteiger partial charge in [-0.05, 0) is 217 Å². The molecule has 4 heteroatoms. The normalized spacial score (nSPS) is 12.7. The van der Waals surface area contributed by atoms with Crippen LogP contribution in [0.4, 0.5) is 0 Å². The molecular weight excluding hydrogens is 857 g/mol. The van der Waals surface area contributed by atoms with Gasteiger partial charge < -0.3 is 9.47 Å². The standard InChI is InChI=1S/C66H102O4/c1-11-19-27-35-47-48(36-28-20-12-2)50(38-30-22-14-4)56-44-58-52(40-32-24-16-6)60-46-62-54(42-34-26-18-8)64(66(68)70-10)63(65(67)69-9)53(41-33-25-17-7)61(62)45-59(60)51(39-31-23-15-5)57(58)43-55(56)49(47)37-29-21-13-3/h11-46H2,1-10H3. The molecule has 4 nitrogen and oxygen atoms in total. The van der Waals surface area contributed by atoms with Gasteiger partial charge in [-0.1, -0.05) is 158 Å². The van der Waals surface area contributed by atoms with Gasteiger partial charge in [0, 0.05) is 0 Å². The van der Waals surface area contributed by atoms with E-state index in [4.69, 9.17) is 9.47 Å². The van der Waals surface area contributed by atoms with Gasteiger partial charge in [0.25, 0.3) is 0 Å². The molecular formula is C66H102O4. The topological polar surface area (TPSA) is 52.6 Å². The van der Waals surface area contributed by atoms with Crippen molar-refractivity contribution >= 4 is 11.9 Å². The van der Waals surface area contributed by atoms with Crippen LogP contribution in [0.15, 0.2) is 0 Å². The molecule has 0 saturated carbocycles. The van der Waals surface area contributed by atoms with E-state index in [0.29, 0.717) is 11.1 Å². The second-order valence-electron chi connectivity index (χ2n) is 21.8. The van der Waals surface area contributed by atoms with Crippen molar-refractivity contribution in [3.05, 3.63) is 100 Å². The zero-order valence-corrected chi connectivity index (χ0v) is 47.1. The first-order valence-electron chi connectivity index (χ1n) is 29.9. The highest BCUT2D eigenvalue weighted by atomic mass is 16.5. The predicted octanol–water partition coefficient (Wildman–Crippen LogP) is 18.1. The minimum Gasteiger partial charge on any atom is -0.465 e. The third-order valence-corrected chi connectivity index (χ3v) is 16.8. The molecule has 2 aliphatic carbocycles. The van der Waals surface area contributed by atoms with Crippen LogP contribution in [0.5, 0.6) is 0 Å². The molecule has 0 heterocycles. The Morgan fingerprint density at radius 1 is 0.271 bits per heavy atom. The molecule has 0 saturated heterocycles. The largest absolute Gasteiger partial charge is 0.465 e. The van der Waals surface area contributed by atoms with E-state index in [1.54, 1.807) is 66.8 Å². The lowest BCUT2D eigenvalue weighted by molar-refractivity contribution is 0.0552. The molecule has 5 rings (SSSR count). The van der Waals surface area contributed by atoms with E-state index < -0.39 is 11.9 Å². The molecule has 0 amide bonds. The number of fused-ring (bicyclic) bond motifs is 4. The average Bonchev–Trinajstić information content (AvgIpc) is 3.37. The van der Waals surface area contributed by atoms with Crippen molar-refractivity contribution in [1.29, 1.82) is 0 Å². The molecule has 70 heavy (non-hydrogen) atoms. The first-order valence-corrected chi connectivity index (χ1v) is 29.9. The number of ether oxygens (including phenoxy) is 2. The maximum absolute atomic E-state index is 14.3. The molecule has 0 bridgehead atoms. The molecule has 3 aromatic carbocycles. The van der Waals surface area contributed by atoms with Gasteiger partial charge in [-0.15, -0.1) is 0 Å². The summed E-state index contributed by atoms with van der Waals surface area (Å²) in [6.45, 7) is 18.7. The fourth-order valence-electron chi connectivity index (χ4n) is 13.0. The Bertz CT molecular complexity index is 1990. The predicted molar refractivity (Wildman–Crippen MR) is 299 cm³/mol.